The summed E-state index contributed by atoms with van der Waals surface area (Å²) in [5.74, 6) is -0.816. The highest BCUT2D eigenvalue weighted by atomic mass is 32.2. The van der Waals surface area contributed by atoms with E-state index in [2.05, 4.69) is 15.4 Å². The summed E-state index contributed by atoms with van der Waals surface area (Å²) in [7, 11) is 1.81. The number of methoxy groups -OCH3 is 1. The summed E-state index contributed by atoms with van der Waals surface area (Å²) in [6, 6.07) is 10.0. The van der Waals surface area contributed by atoms with E-state index in [0.717, 1.165) is 57.7 Å². The van der Waals surface area contributed by atoms with Gasteiger partial charge in [0.25, 0.3) is 17.7 Å². The van der Waals surface area contributed by atoms with Crippen molar-refractivity contribution in [2.45, 2.75) is 88.3 Å². The number of rotatable bonds is 6. The van der Waals surface area contributed by atoms with Crippen molar-refractivity contribution in [3.8, 4) is 17.0 Å². The van der Waals surface area contributed by atoms with Gasteiger partial charge in [0.1, 0.15) is 17.8 Å². The summed E-state index contributed by atoms with van der Waals surface area (Å²) in [5.41, 5.74) is 4.21. The molecular formula is C37H43N5O7S. The van der Waals surface area contributed by atoms with Crippen molar-refractivity contribution >= 4 is 44.7 Å². The summed E-state index contributed by atoms with van der Waals surface area (Å²) < 4.78 is 36.2. The molecule has 2 bridgehead atoms. The number of piperidine rings is 1. The van der Waals surface area contributed by atoms with Crippen LogP contribution in [0.5, 0.6) is 5.75 Å². The molecule has 1 aromatic heterocycles. The highest BCUT2D eigenvalue weighted by molar-refractivity contribution is 7.87. The first-order valence-electron chi connectivity index (χ1n) is 17.6. The highest BCUT2D eigenvalue weighted by Gasteiger charge is 2.66. The van der Waals surface area contributed by atoms with Crippen LogP contribution in [0.25, 0.3) is 22.2 Å². The molecule has 2 saturated heterocycles. The second-order valence-corrected chi connectivity index (χ2v) is 16.8. The van der Waals surface area contributed by atoms with E-state index in [1.54, 1.807) is 24.1 Å². The van der Waals surface area contributed by atoms with Gasteiger partial charge in [-0.3, -0.25) is 24.1 Å². The summed E-state index contributed by atoms with van der Waals surface area (Å²) in [4.78, 5) is 58.1. The minimum absolute atomic E-state index is 0.170. The van der Waals surface area contributed by atoms with Crippen molar-refractivity contribution < 1.29 is 32.3 Å². The lowest BCUT2D eigenvalue weighted by Crippen LogP contribution is -2.68. The molecule has 4 heterocycles. The molecule has 2 aromatic carbocycles. The average Bonchev–Trinajstić information content (AvgIpc) is 3.79. The van der Waals surface area contributed by atoms with Gasteiger partial charge in [-0.05, 0) is 85.9 Å². The lowest BCUT2D eigenvalue weighted by molar-refractivity contribution is -0.171. The van der Waals surface area contributed by atoms with E-state index in [-0.39, 0.29) is 35.1 Å². The predicted octanol–water partition coefficient (Wildman–Crippen LogP) is 4.14. The first-order chi connectivity index (χ1) is 23.9. The highest BCUT2D eigenvalue weighted by Crippen LogP contribution is 2.66. The molecule has 264 valence electrons. The molecule has 4 fully saturated rings. The number of likely N-dealkylation sites (tertiary alicyclic amines) is 1. The molecule has 2 aliphatic carbocycles. The van der Waals surface area contributed by atoms with Gasteiger partial charge in [0.05, 0.1) is 18.2 Å². The molecule has 3 aromatic rings. The molecule has 50 heavy (non-hydrogen) atoms. The van der Waals surface area contributed by atoms with Gasteiger partial charge in [-0.15, -0.1) is 0 Å². The summed E-state index contributed by atoms with van der Waals surface area (Å²) in [6.45, 7) is 0.293. The minimum atomic E-state index is -4.03. The first kappa shape index (κ1) is 32.9. The molecule has 2 saturated carbocycles. The van der Waals surface area contributed by atoms with Gasteiger partial charge < -0.3 is 14.2 Å². The third-order valence-electron chi connectivity index (χ3n) is 12.0. The Labute approximate surface area is 291 Å². The van der Waals surface area contributed by atoms with Crippen molar-refractivity contribution in [3.05, 3.63) is 53.1 Å². The number of likely N-dealkylation sites (N-methyl/N-ethyl adjacent to an activating group) is 1. The van der Waals surface area contributed by atoms with Crippen molar-refractivity contribution in [2.75, 3.05) is 28.3 Å². The Balaban J connectivity index is 1.33. The number of ether oxygens (including phenoxy) is 1. The van der Waals surface area contributed by atoms with Crippen LogP contribution in [-0.2, 0) is 31.1 Å². The number of hydrogen-bond acceptors (Lipinski definition) is 7. The summed E-state index contributed by atoms with van der Waals surface area (Å²) in [6.07, 6.45) is 7.69. The Hall–Kier alpha value is -4.23. The number of nitrogens with one attached hydrogen (secondary N) is 1. The fourth-order valence-corrected chi connectivity index (χ4v) is 9.80. The van der Waals surface area contributed by atoms with Crippen LogP contribution in [0.15, 0.2) is 36.4 Å². The number of imide groups is 1. The average molecular weight is 702 g/mol. The number of piperazine rings is 1. The second kappa shape index (κ2) is 11.7. The number of nitrogens with zero attached hydrogens (tertiary/aromatic N) is 4. The molecule has 8 rings (SSSR count). The van der Waals surface area contributed by atoms with Gasteiger partial charge in [-0.1, -0.05) is 25.3 Å². The van der Waals surface area contributed by atoms with Crippen LogP contribution in [0, 0.1) is 5.41 Å². The Morgan fingerprint density at radius 2 is 1.64 bits per heavy atom. The van der Waals surface area contributed by atoms with Crippen molar-refractivity contribution in [1.82, 2.24) is 23.4 Å². The molecule has 1 N–H and O–H groups in total. The topological polar surface area (TPSA) is 138 Å². The van der Waals surface area contributed by atoms with Crippen LogP contribution in [0.3, 0.4) is 0 Å². The lowest BCUT2D eigenvalue weighted by atomic mass is 9.81. The normalized spacial score (nSPS) is 26.3. The molecular weight excluding hydrogens is 659 g/mol. The van der Waals surface area contributed by atoms with E-state index in [0.29, 0.717) is 38.0 Å². The van der Waals surface area contributed by atoms with E-state index in [1.165, 1.54) is 38.0 Å². The van der Waals surface area contributed by atoms with Gasteiger partial charge in [0.2, 0.25) is 5.91 Å². The van der Waals surface area contributed by atoms with Crippen molar-refractivity contribution in [3.63, 3.8) is 0 Å². The number of amides is 4. The number of aromatic nitrogens is 1. The zero-order chi connectivity index (χ0) is 35.3. The zero-order valence-electron chi connectivity index (χ0n) is 28.9. The SMILES string of the molecule is COc1ccc2c(c1)[C@@H]1C[C@]1(C(=O)N1C3CCCC1C(=O)N(C)C3=O)Cn1c-2c(C2CCCCC2)c2ccc(C(=O)NS(=O)(=O)N(C)C)cc21. The molecule has 13 heteroatoms. The molecule has 5 aliphatic rings. The van der Waals surface area contributed by atoms with Crippen LogP contribution < -0.4 is 9.46 Å². The van der Waals surface area contributed by atoms with Crippen LogP contribution >= 0.6 is 0 Å². The third kappa shape index (κ3) is 4.83. The maximum Gasteiger partial charge on any atom is 0.303 e. The summed E-state index contributed by atoms with van der Waals surface area (Å²) >= 11 is 0. The zero-order valence-corrected chi connectivity index (χ0v) is 29.7. The second-order valence-electron chi connectivity index (χ2n) is 14.9. The third-order valence-corrected chi connectivity index (χ3v) is 13.4. The number of hydrogen-bond donors (Lipinski definition) is 1. The fourth-order valence-electron chi connectivity index (χ4n) is 9.27. The molecule has 0 spiro atoms. The number of benzene rings is 2. The van der Waals surface area contributed by atoms with E-state index < -0.39 is 33.6 Å². The van der Waals surface area contributed by atoms with Gasteiger partial charge in [0.15, 0.2) is 0 Å². The maximum atomic E-state index is 15.1. The molecule has 2 unspecified atom stereocenters. The predicted molar refractivity (Wildman–Crippen MR) is 186 cm³/mol. The Kier molecular flexibility index (Phi) is 7.68. The molecule has 4 atom stereocenters. The van der Waals surface area contributed by atoms with Crippen LogP contribution in [0.1, 0.15) is 91.1 Å². The number of carbonyl (C=O) groups is 4. The van der Waals surface area contributed by atoms with Crippen molar-refractivity contribution in [1.29, 1.82) is 0 Å². The minimum Gasteiger partial charge on any atom is -0.497 e. The molecule has 4 amide bonds. The van der Waals surface area contributed by atoms with E-state index >= 15 is 4.79 Å². The van der Waals surface area contributed by atoms with E-state index in [9.17, 15) is 22.8 Å². The van der Waals surface area contributed by atoms with Crippen molar-refractivity contribution in [2.24, 2.45) is 5.41 Å². The maximum absolute atomic E-state index is 15.1. The molecule has 3 aliphatic heterocycles. The summed E-state index contributed by atoms with van der Waals surface area (Å²) in [5, 5.41) is 0.976. The fraction of sp³-hybridized carbons (Fsp3) is 0.514. The monoisotopic (exact) mass is 701 g/mol. The molecule has 12 nitrogen and oxygen atoms in total. The smallest absolute Gasteiger partial charge is 0.303 e. The van der Waals surface area contributed by atoms with Gasteiger partial charge in [0, 0.05) is 55.6 Å². The van der Waals surface area contributed by atoms with Gasteiger partial charge >= 0.3 is 10.2 Å². The van der Waals surface area contributed by atoms with E-state index in [4.69, 9.17) is 4.74 Å². The quantitative estimate of drug-likeness (QED) is 0.382. The van der Waals surface area contributed by atoms with Crippen LogP contribution in [-0.4, -0.2) is 91.1 Å². The first-order valence-corrected chi connectivity index (χ1v) is 19.0. The Morgan fingerprint density at radius 3 is 2.30 bits per heavy atom. The Bertz CT molecular complexity index is 2060. The number of fused-ring (bicyclic) bond motifs is 9. The van der Waals surface area contributed by atoms with Gasteiger partial charge in [-0.2, -0.15) is 12.7 Å². The van der Waals surface area contributed by atoms with Gasteiger partial charge in [-0.25, -0.2) is 4.72 Å². The Morgan fingerprint density at radius 1 is 0.940 bits per heavy atom. The van der Waals surface area contributed by atoms with E-state index in [1.807, 2.05) is 18.2 Å². The van der Waals surface area contributed by atoms with Crippen LogP contribution in [0.4, 0.5) is 0 Å². The lowest BCUT2D eigenvalue weighted by Gasteiger charge is -2.48. The molecule has 0 radical (unpaired) electrons. The standard InChI is InChI=1S/C37H43N5O7S/c1-39(2)50(47,48)38-33(43)22-13-15-25-30(17-22)41-20-37(36(46)42-28-11-8-12-29(42)35(45)40(3)34(28)44)19-27(37)26-18-23(49-4)14-16-24(26)32(41)31(25)21-9-6-5-7-10-21/h13-18,21,27-29H,5-12,19-20H2,1-4H3,(H,38,43)/t27-,28?,29?,37-/m0/s1. The van der Waals surface area contributed by atoms with Crippen LogP contribution in [0.2, 0.25) is 0 Å². The largest absolute Gasteiger partial charge is 0.497 e. The number of carbonyl (C=O) groups excluding carboxylic acids is 4.